The molecule has 1 aliphatic carbocycles. The van der Waals surface area contributed by atoms with Crippen molar-refractivity contribution in [1.82, 2.24) is 4.98 Å². The van der Waals surface area contributed by atoms with Crippen molar-refractivity contribution in [3.05, 3.63) is 61.2 Å². The zero-order chi connectivity index (χ0) is 12.7. The highest BCUT2D eigenvalue weighted by Gasteiger charge is 2.10. The van der Waals surface area contributed by atoms with Crippen LogP contribution < -0.4 is 5.32 Å². The number of benzene rings is 1. The topological polar surface area (TPSA) is 41.0 Å². The molecule has 0 atom stereocenters. The quantitative estimate of drug-likeness (QED) is 0.544. The minimum Gasteiger partial charge on any atom is -0.472 e. The Bertz CT molecular complexity index is 812. The van der Waals surface area contributed by atoms with E-state index in [1.165, 1.54) is 10.9 Å². The van der Waals surface area contributed by atoms with Crippen LogP contribution >= 0.6 is 0 Å². The van der Waals surface area contributed by atoms with Gasteiger partial charge in [-0.25, -0.2) is 0 Å². The molecule has 4 rings (SSSR count). The maximum Gasteiger partial charge on any atom is 0.100 e. The van der Waals surface area contributed by atoms with Gasteiger partial charge in [-0.2, -0.15) is 0 Å². The monoisotopic (exact) mass is 248 g/mol. The summed E-state index contributed by atoms with van der Waals surface area (Å²) < 4.78 is 5.25. The van der Waals surface area contributed by atoms with E-state index in [0.717, 1.165) is 22.5 Å². The van der Waals surface area contributed by atoms with Gasteiger partial charge in [0.1, 0.15) is 6.26 Å². The number of hydrogen-bond acceptors (Lipinski definition) is 2. The van der Waals surface area contributed by atoms with E-state index in [1.807, 2.05) is 18.3 Å². The molecule has 0 unspecified atom stereocenters. The zero-order valence-electron chi connectivity index (χ0n) is 10.2. The largest absolute Gasteiger partial charge is 0.472 e. The number of rotatable bonds is 2. The summed E-state index contributed by atoms with van der Waals surface area (Å²) in [6.07, 6.45) is 5.42. The molecule has 2 aromatic rings. The molecular weight excluding hydrogens is 236 g/mol. The molecule has 0 saturated carbocycles. The van der Waals surface area contributed by atoms with Crippen molar-refractivity contribution in [2.45, 2.75) is 0 Å². The molecule has 19 heavy (non-hydrogen) atoms. The molecule has 1 aliphatic heterocycles. The minimum atomic E-state index is 1.06. The molecule has 2 N–H and O–H groups in total. The second kappa shape index (κ2) is 3.92. The van der Waals surface area contributed by atoms with Gasteiger partial charge in [0.15, 0.2) is 0 Å². The molecule has 3 heteroatoms. The molecule has 3 nitrogen and oxygen atoms in total. The second-order valence-corrected chi connectivity index (χ2v) is 4.54. The normalized spacial score (nSPS) is 11.2. The number of fused-ring (bicyclic) bond motifs is 2. The van der Waals surface area contributed by atoms with Gasteiger partial charge in [0.2, 0.25) is 0 Å². The van der Waals surface area contributed by atoms with Gasteiger partial charge in [-0.1, -0.05) is 12.1 Å². The summed E-state index contributed by atoms with van der Waals surface area (Å²) in [5.41, 5.74) is 5.55. The average molecular weight is 248 g/mol. The van der Waals surface area contributed by atoms with E-state index >= 15 is 0 Å². The van der Waals surface area contributed by atoms with Gasteiger partial charge in [0.05, 0.1) is 6.26 Å². The first-order valence-electron chi connectivity index (χ1n) is 6.20. The first-order chi connectivity index (χ1) is 9.42. The first-order valence-corrected chi connectivity index (χ1v) is 6.20. The van der Waals surface area contributed by atoms with Crippen LogP contribution in [0.2, 0.25) is 0 Å². The predicted octanol–water partition coefficient (Wildman–Crippen LogP) is 4.61. The van der Waals surface area contributed by atoms with Gasteiger partial charge < -0.3 is 14.7 Å². The van der Waals surface area contributed by atoms with Crippen LogP contribution in [0.3, 0.4) is 0 Å². The lowest BCUT2D eigenvalue weighted by Crippen LogP contribution is -1.90. The number of H-pyrrole nitrogens is 1. The average Bonchev–Trinajstić information content (AvgIpc) is 3.06. The van der Waals surface area contributed by atoms with E-state index in [1.54, 1.807) is 12.5 Å². The highest BCUT2D eigenvalue weighted by atomic mass is 16.3. The third-order valence-corrected chi connectivity index (χ3v) is 3.41. The van der Waals surface area contributed by atoms with E-state index < -0.39 is 0 Å². The Morgan fingerprint density at radius 2 is 1.95 bits per heavy atom. The Balaban J connectivity index is 1.81. The van der Waals surface area contributed by atoms with Crippen molar-refractivity contribution >= 4 is 22.3 Å². The van der Waals surface area contributed by atoms with Gasteiger partial charge in [0, 0.05) is 34.0 Å². The van der Waals surface area contributed by atoms with Crippen molar-refractivity contribution < 1.29 is 4.42 Å². The number of nitrogens with one attached hydrogen (secondary N) is 2. The predicted molar refractivity (Wildman–Crippen MR) is 76.9 cm³/mol. The fourth-order valence-electron chi connectivity index (χ4n) is 2.45. The standard InChI is InChI=1S/C16H12N2O/c1-2-14-12(6-8-17-14)15(3-1)18-16-5-4-11-7-9-19-10-13(11)16/h1-10,17-18H. The number of anilines is 2. The summed E-state index contributed by atoms with van der Waals surface area (Å²) in [5, 5.41) is 4.66. The summed E-state index contributed by atoms with van der Waals surface area (Å²) in [6, 6.07) is 14.4. The van der Waals surface area contributed by atoms with Crippen LogP contribution in [0.25, 0.3) is 22.0 Å². The van der Waals surface area contributed by atoms with E-state index in [9.17, 15) is 0 Å². The van der Waals surface area contributed by atoms with E-state index in [4.69, 9.17) is 4.42 Å². The highest BCUT2D eigenvalue weighted by Crippen LogP contribution is 2.35. The molecule has 0 amide bonds. The molecule has 0 saturated heterocycles. The van der Waals surface area contributed by atoms with Gasteiger partial charge in [-0.3, -0.25) is 0 Å². The molecule has 2 aliphatic rings. The summed E-state index contributed by atoms with van der Waals surface area (Å²) >= 11 is 0. The van der Waals surface area contributed by atoms with Crippen LogP contribution in [0.4, 0.5) is 11.4 Å². The number of hydrogen-bond donors (Lipinski definition) is 2. The Labute approximate surface area is 110 Å². The van der Waals surface area contributed by atoms with E-state index in [0.29, 0.717) is 0 Å². The Morgan fingerprint density at radius 3 is 2.95 bits per heavy atom. The summed E-state index contributed by atoms with van der Waals surface area (Å²) in [7, 11) is 0. The molecule has 0 spiro atoms. The van der Waals surface area contributed by atoms with Gasteiger partial charge in [-0.15, -0.1) is 0 Å². The molecule has 0 bridgehead atoms. The van der Waals surface area contributed by atoms with Crippen molar-refractivity contribution in [3.63, 3.8) is 0 Å². The number of aromatic amines is 1. The van der Waals surface area contributed by atoms with Crippen LogP contribution in [-0.4, -0.2) is 4.98 Å². The molecular formula is C16H12N2O. The zero-order valence-corrected chi connectivity index (χ0v) is 10.2. The van der Waals surface area contributed by atoms with Crippen molar-refractivity contribution in [3.8, 4) is 11.1 Å². The molecule has 2 heterocycles. The molecule has 0 radical (unpaired) electrons. The van der Waals surface area contributed by atoms with E-state index in [2.05, 4.69) is 40.6 Å². The van der Waals surface area contributed by atoms with Crippen molar-refractivity contribution in [2.75, 3.05) is 5.32 Å². The van der Waals surface area contributed by atoms with E-state index in [-0.39, 0.29) is 0 Å². The molecule has 0 fully saturated rings. The maximum atomic E-state index is 5.25. The van der Waals surface area contributed by atoms with Gasteiger partial charge in [0.25, 0.3) is 0 Å². The van der Waals surface area contributed by atoms with Crippen LogP contribution in [0.15, 0.2) is 65.6 Å². The lowest BCUT2D eigenvalue weighted by atomic mass is 10.1. The molecule has 92 valence electrons. The van der Waals surface area contributed by atoms with Gasteiger partial charge >= 0.3 is 0 Å². The molecule has 1 aromatic heterocycles. The Morgan fingerprint density at radius 1 is 0.947 bits per heavy atom. The van der Waals surface area contributed by atoms with Gasteiger partial charge in [-0.05, 0) is 35.9 Å². The maximum absolute atomic E-state index is 5.25. The summed E-state index contributed by atoms with van der Waals surface area (Å²) in [5.74, 6) is 0. The summed E-state index contributed by atoms with van der Waals surface area (Å²) in [6.45, 7) is 0. The Hall–Kier alpha value is -2.68. The summed E-state index contributed by atoms with van der Waals surface area (Å²) in [4.78, 5) is 3.22. The smallest absolute Gasteiger partial charge is 0.100 e. The third kappa shape index (κ3) is 1.59. The second-order valence-electron chi connectivity index (χ2n) is 4.54. The minimum absolute atomic E-state index is 1.06. The van der Waals surface area contributed by atoms with Crippen LogP contribution in [0.1, 0.15) is 0 Å². The SMILES string of the molecule is c1cc(Nc2ccc3ccocc2-3)c2cc[nH]c2c1. The highest BCUT2D eigenvalue weighted by molar-refractivity contribution is 5.95. The third-order valence-electron chi connectivity index (χ3n) is 3.41. The van der Waals surface area contributed by atoms with Crippen molar-refractivity contribution in [2.24, 2.45) is 0 Å². The fraction of sp³-hybridized carbons (Fsp3) is 0. The van der Waals surface area contributed by atoms with Crippen LogP contribution in [0, 0.1) is 0 Å². The van der Waals surface area contributed by atoms with Crippen LogP contribution in [0.5, 0.6) is 0 Å². The number of aromatic nitrogens is 1. The molecule has 1 aromatic carbocycles. The Kier molecular flexibility index (Phi) is 2.12. The van der Waals surface area contributed by atoms with Crippen LogP contribution in [-0.2, 0) is 0 Å². The lowest BCUT2D eigenvalue weighted by Gasteiger charge is -2.08. The fourth-order valence-corrected chi connectivity index (χ4v) is 2.45. The first kappa shape index (κ1) is 10.3. The van der Waals surface area contributed by atoms with Crippen molar-refractivity contribution in [1.29, 1.82) is 0 Å². The lowest BCUT2D eigenvalue weighted by molar-refractivity contribution is 0.552.